The summed E-state index contributed by atoms with van der Waals surface area (Å²) in [6.07, 6.45) is 0. The summed E-state index contributed by atoms with van der Waals surface area (Å²) in [6, 6.07) is 15.5. The number of hydrogen-bond donors (Lipinski definition) is 0. The van der Waals surface area contributed by atoms with Crippen molar-refractivity contribution in [3.05, 3.63) is 71.0 Å². The van der Waals surface area contributed by atoms with Gasteiger partial charge in [0.2, 0.25) is 0 Å². The van der Waals surface area contributed by atoms with Crippen molar-refractivity contribution in [2.45, 2.75) is 0 Å². The molecule has 0 atom stereocenters. The van der Waals surface area contributed by atoms with Crippen LogP contribution in [0, 0.1) is 0 Å². The normalized spacial score (nSPS) is 16.1. The largest absolute Gasteiger partial charge is 0.399 e. The molecule has 4 rings (SSSR count). The lowest BCUT2D eigenvalue weighted by atomic mass is 9.88. The summed E-state index contributed by atoms with van der Waals surface area (Å²) in [5, 5.41) is 8.37. The minimum atomic E-state index is 0.630. The van der Waals surface area contributed by atoms with Gasteiger partial charge < -0.3 is 9.68 Å². The lowest BCUT2D eigenvalue weighted by molar-refractivity contribution is 0.213. The molecule has 1 heterocycles. The molecule has 0 saturated carbocycles. The summed E-state index contributed by atoms with van der Waals surface area (Å²) in [7, 11) is 3.03. The third-order valence-corrected chi connectivity index (χ3v) is 3.82. The second-order valence-corrected chi connectivity index (χ2v) is 5.20. The zero-order valence-electron chi connectivity index (χ0n) is 13.2. The fourth-order valence-corrected chi connectivity index (χ4v) is 2.85. The molecule has 0 radical (unpaired) electrons. The van der Waals surface area contributed by atoms with Crippen LogP contribution < -0.4 is 0 Å². The Hall–Kier alpha value is -3.28. The van der Waals surface area contributed by atoms with Gasteiger partial charge in [0.05, 0.1) is 11.0 Å². The van der Waals surface area contributed by atoms with Gasteiger partial charge in [-0.05, 0) is 12.1 Å². The molecule has 6 nitrogen and oxygen atoms in total. The van der Waals surface area contributed by atoms with Crippen LogP contribution in [0.5, 0.6) is 0 Å². The van der Waals surface area contributed by atoms with Gasteiger partial charge in [-0.15, -0.1) is 0 Å². The molecule has 6 heteroatoms. The first kappa shape index (κ1) is 14.3. The molecular weight excluding hydrogens is 304 g/mol. The van der Waals surface area contributed by atoms with Crippen molar-refractivity contribution in [1.82, 2.24) is 9.97 Å². The van der Waals surface area contributed by atoms with Gasteiger partial charge in [0.25, 0.3) is 0 Å². The van der Waals surface area contributed by atoms with Crippen LogP contribution in [-0.2, 0) is 9.68 Å². The third kappa shape index (κ3) is 2.11. The quantitative estimate of drug-likeness (QED) is 0.533. The lowest BCUT2D eigenvalue weighted by Gasteiger charge is -2.20. The summed E-state index contributed by atoms with van der Waals surface area (Å²) < 4.78 is 0. The number of benzene rings is 2. The first-order valence-electron chi connectivity index (χ1n) is 7.43. The SMILES string of the molecule is CON=C1c2ccccc2C(=NOC)c2nc3ccccc3nc21. The summed E-state index contributed by atoms with van der Waals surface area (Å²) >= 11 is 0. The van der Waals surface area contributed by atoms with E-state index in [4.69, 9.17) is 19.6 Å². The first-order chi connectivity index (χ1) is 11.8. The molecule has 1 aliphatic carbocycles. The van der Waals surface area contributed by atoms with Gasteiger partial charge in [-0.25, -0.2) is 9.97 Å². The predicted molar refractivity (Wildman–Crippen MR) is 91.3 cm³/mol. The van der Waals surface area contributed by atoms with Crippen molar-refractivity contribution in [3.8, 4) is 0 Å². The molecule has 0 fully saturated rings. The zero-order valence-corrected chi connectivity index (χ0v) is 13.2. The molecule has 0 amide bonds. The van der Waals surface area contributed by atoms with E-state index in [-0.39, 0.29) is 0 Å². The van der Waals surface area contributed by atoms with Crippen molar-refractivity contribution in [2.75, 3.05) is 14.2 Å². The van der Waals surface area contributed by atoms with Crippen LogP contribution in [0.15, 0.2) is 58.8 Å². The lowest BCUT2D eigenvalue weighted by Crippen LogP contribution is -2.25. The molecule has 1 aromatic heterocycles. The highest BCUT2D eigenvalue weighted by molar-refractivity contribution is 6.30. The number of oxime groups is 2. The Kier molecular flexibility index (Phi) is 3.42. The summed E-state index contributed by atoms with van der Waals surface area (Å²) in [5.74, 6) is 0. The van der Waals surface area contributed by atoms with Crippen molar-refractivity contribution >= 4 is 22.5 Å². The molecule has 2 aromatic carbocycles. The highest BCUT2D eigenvalue weighted by atomic mass is 16.6. The molecule has 0 aliphatic heterocycles. The maximum Gasteiger partial charge on any atom is 0.138 e. The monoisotopic (exact) mass is 318 g/mol. The van der Waals surface area contributed by atoms with E-state index in [1.165, 1.54) is 14.2 Å². The zero-order chi connectivity index (χ0) is 16.5. The Labute approximate surface area is 138 Å². The molecule has 0 spiro atoms. The second-order valence-electron chi connectivity index (χ2n) is 5.20. The number of nitrogens with zero attached hydrogens (tertiary/aromatic N) is 4. The van der Waals surface area contributed by atoms with Gasteiger partial charge in [0.15, 0.2) is 0 Å². The van der Waals surface area contributed by atoms with Crippen molar-refractivity contribution < 1.29 is 9.68 Å². The van der Waals surface area contributed by atoms with E-state index in [0.717, 1.165) is 22.2 Å². The van der Waals surface area contributed by atoms with E-state index in [1.807, 2.05) is 48.5 Å². The van der Waals surface area contributed by atoms with Gasteiger partial charge in [-0.3, -0.25) is 0 Å². The number of para-hydroxylation sites is 2. The molecule has 0 N–H and O–H groups in total. The fraction of sp³-hybridized carbons (Fsp3) is 0.111. The van der Waals surface area contributed by atoms with E-state index >= 15 is 0 Å². The van der Waals surface area contributed by atoms with Crippen LogP contribution in [0.1, 0.15) is 22.5 Å². The van der Waals surface area contributed by atoms with Gasteiger partial charge in [0.1, 0.15) is 37.0 Å². The topological polar surface area (TPSA) is 69.0 Å². The summed E-state index contributed by atoms with van der Waals surface area (Å²) in [6.45, 7) is 0. The van der Waals surface area contributed by atoms with Crippen molar-refractivity contribution in [1.29, 1.82) is 0 Å². The Morgan fingerprint density at radius 2 is 1.08 bits per heavy atom. The standard InChI is InChI=1S/C18H14N4O2/c1-23-21-15-11-7-3-4-8-12(11)16(22-24-2)18-17(15)19-13-9-5-6-10-14(13)20-18/h3-10H,1-2H3. The van der Waals surface area contributed by atoms with Crippen molar-refractivity contribution in [2.24, 2.45) is 10.3 Å². The predicted octanol–water partition coefficient (Wildman–Crippen LogP) is 2.74. The molecule has 3 aromatic rings. The average molecular weight is 318 g/mol. The Balaban J connectivity index is 2.10. The van der Waals surface area contributed by atoms with Gasteiger partial charge in [0, 0.05) is 11.1 Å². The fourth-order valence-electron chi connectivity index (χ4n) is 2.85. The highest BCUT2D eigenvalue weighted by Gasteiger charge is 2.30. The van der Waals surface area contributed by atoms with Crippen LogP contribution in [0.4, 0.5) is 0 Å². The number of hydrogen-bond acceptors (Lipinski definition) is 6. The average Bonchev–Trinajstić information content (AvgIpc) is 2.63. The second kappa shape index (κ2) is 5.73. The highest BCUT2D eigenvalue weighted by Crippen LogP contribution is 2.28. The molecule has 0 saturated heterocycles. The van der Waals surface area contributed by atoms with Crippen LogP contribution >= 0.6 is 0 Å². The molecule has 0 unspecified atom stereocenters. The Bertz CT molecular complexity index is 916. The van der Waals surface area contributed by atoms with E-state index in [0.29, 0.717) is 22.8 Å². The van der Waals surface area contributed by atoms with Crippen molar-refractivity contribution in [3.63, 3.8) is 0 Å². The molecule has 0 bridgehead atoms. The maximum absolute atomic E-state index is 5.05. The van der Waals surface area contributed by atoms with E-state index in [2.05, 4.69) is 10.3 Å². The van der Waals surface area contributed by atoms with Crippen LogP contribution in [0.2, 0.25) is 0 Å². The minimum Gasteiger partial charge on any atom is -0.399 e. The molecule has 1 aliphatic rings. The van der Waals surface area contributed by atoms with Gasteiger partial charge >= 0.3 is 0 Å². The summed E-state index contributed by atoms with van der Waals surface area (Å²) in [5.41, 5.74) is 5.87. The molecular formula is C18H14N4O2. The van der Waals surface area contributed by atoms with Crippen LogP contribution in [0.25, 0.3) is 11.0 Å². The van der Waals surface area contributed by atoms with Gasteiger partial charge in [-0.2, -0.15) is 0 Å². The van der Waals surface area contributed by atoms with Gasteiger partial charge in [-0.1, -0.05) is 46.7 Å². The Morgan fingerprint density at radius 3 is 1.50 bits per heavy atom. The van der Waals surface area contributed by atoms with Crippen LogP contribution in [-0.4, -0.2) is 35.6 Å². The van der Waals surface area contributed by atoms with E-state index < -0.39 is 0 Å². The number of aromatic nitrogens is 2. The third-order valence-electron chi connectivity index (χ3n) is 3.82. The number of rotatable bonds is 2. The minimum absolute atomic E-state index is 0.630. The molecule has 24 heavy (non-hydrogen) atoms. The van der Waals surface area contributed by atoms with E-state index in [1.54, 1.807) is 0 Å². The summed E-state index contributed by atoms with van der Waals surface area (Å²) in [4.78, 5) is 19.6. The first-order valence-corrected chi connectivity index (χ1v) is 7.43. The number of fused-ring (bicyclic) bond motifs is 3. The Morgan fingerprint density at radius 1 is 0.667 bits per heavy atom. The van der Waals surface area contributed by atoms with E-state index in [9.17, 15) is 0 Å². The smallest absolute Gasteiger partial charge is 0.138 e. The maximum atomic E-state index is 5.05. The van der Waals surface area contributed by atoms with Crippen LogP contribution in [0.3, 0.4) is 0 Å². The molecule has 118 valence electrons.